The molecule has 0 radical (unpaired) electrons. The highest BCUT2D eigenvalue weighted by molar-refractivity contribution is 8.02. The summed E-state index contributed by atoms with van der Waals surface area (Å²) in [5.41, 5.74) is 1.62. The first kappa shape index (κ1) is 26.4. The van der Waals surface area contributed by atoms with Crippen molar-refractivity contribution in [3.63, 3.8) is 0 Å². The van der Waals surface area contributed by atoms with Crippen molar-refractivity contribution < 1.29 is 9.59 Å². The molecule has 204 valence electrons. The molecule has 4 bridgehead atoms. The van der Waals surface area contributed by atoms with E-state index in [2.05, 4.69) is 24.5 Å². The summed E-state index contributed by atoms with van der Waals surface area (Å²) in [6.07, 6.45) is 10.6. The lowest BCUT2D eigenvalue weighted by atomic mass is 9.84. The Labute approximate surface area is 234 Å². The molecule has 4 saturated carbocycles. The zero-order chi connectivity index (χ0) is 26.2. The minimum Gasteiger partial charge on any atom is -0.353 e. The van der Waals surface area contributed by atoms with Gasteiger partial charge in [0.1, 0.15) is 10.1 Å². The van der Waals surface area contributed by atoms with Crippen molar-refractivity contribution in [1.82, 2.24) is 20.6 Å². The third kappa shape index (κ3) is 5.72. The zero-order valence-corrected chi connectivity index (χ0v) is 24.2. The molecule has 0 spiro atoms. The predicted octanol–water partition coefficient (Wildman–Crippen LogP) is 5.70. The highest BCUT2D eigenvalue weighted by Crippen LogP contribution is 2.50. The molecule has 2 N–H and O–H groups in total. The van der Waals surface area contributed by atoms with Gasteiger partial charge in [-0.1, -0.05) is 48.5 Å². The lowest BCUT2D eigenvalue weighted by Gasteiger charge is -2.28. The van der Waals surface area contributed by atoms with Crippen molar-refractivity contribution in [1.29, 1.82) is 0 Å². The number of rotatable bonds is 10. The number of thioether (sulfide) groups is 2. The van der Waals surface area contributed by atoms with Crippen molar-refractivity contribution in [3.8, 4) is 0 Å². The van der Waals surface area contributed by atoms with Gasteiger partial charge in [0.05, 0.1) is 22.5 Å². The fourth-order valence-electron chi connectivity index (χ4n) is 8.04. The smallest absolute Gasteiger partial charge is 0.230 e. The van der Waals surface area contributed by atoms with Crippen molar-refractivity contribution >= 4 is 46.4 Å². The van der Waals surface area contributed by atoms with Gasteiger partial charge in [-0.2, -0.15) is 0 Å². The third-order valence-corrected chi connectivity index (χ3v) is 11.9. The highest BCUT2D eigenvalue weighted by atomic mass is 32.2. The van der Waals surface area contributed by atoms with Crippen LogP contribution in [0.4, 0.5) is 0 Å². The van der Waals surface area contributed by atoms with Crippen molar-refractivity contribution in [2.24, 2.45) is 35.5 Å². The van der Waals surface area contributed by atoms with E-state index in [1.807, 2.05) is 24.3 Å². The molecule has 1 aromatic heterocycles. The first-order valence-electron chi connectivity index (χ1n) is 14.5. The molecule has 8 heteroatoms. The van der Waals surface area contributed by atoms with Crippen LogP contribution in [0.1, 0.15) is 65.2 Å². The summed E-state index contributed by atoms with van der Waals surface area (Å²) in [5.74, 6) is 5.27. The maximum atomic E-state index is 12.9. The second-order valence-electron chi connectivity index (χ2n) is 12.3. The van der Waals surface area contributed by atoms with E-state index >= 15 is 0 Å². The second kappa shape index (κ2) is 11.4. The normalized spacial score (nSPS) is 31.0. The van der Waals surface area contributed by atoms with E-state index < -0.39 is 0 Å². The lowest BCUT2D eigenvalue weighted by molar-refractivity contribution is -0.120. The Hall–Kier alpha value is -1.80. The van der Waals surface area contributed by atoms with Crippen LogP contribution in [-0.4, -0.2) is 45.4 Å². The largest absolute Gasteiger partial charge is 0.353 e. The number of fused-ring (bicyclic) bond motifs is 5. The quantitative estimate of drug-likeness (QED) is 0.368. The maximum Gasteiger partial charge on any atom is 0.230 e. The van der Waals surface area contributed by atoms with E-state index in [0.717, 1.165) is 44.8 Å². The Kier molecular flexibility index (Phi) is 7.90. The number of hydrogen-bond acceptors (Lipinski definition) is 6. The number of nitrogens with one attached hydrogen (secondary N) is 2. The standard InChI is InChI=1S/C30H40N4O2S2/c1-17(23-13-19-7-9-21(23)11-19)31-27(35)15-37-29-30(34-26-6-4-3-5-25(26)33-29)38-16-28(36)32-18(2)24-14-20-8-10-22(24)12-20/h3-6,17-24H,7-16H2,1-2H3,(H,31,35)(H,32,36). The van der Waals surface area contributed by atoms with E-state index in [1.54, 1.807) is 0 Å². The summed E-state index contributed by atoms with van der Waals surface area (Å²) in [6, 6.07) is 8.23. The lowest BCUT2D eigenvalue weighted by Crippen LogP contribution is -2.41. The molecule has 0 saturated heterocycles. The van der Waals surface area contributed by atoms with Crippen molar-refractivity contribution in [2.75, 3.05) is 11.5 Å². The molecule has 4 aliphatic carbocycles. The van der Waals surface area contributed by atoms with Crippen LogP contribution >= 0.6 is 23.5 Å². The highest BCUT2D eigenvalue weighted by Gasteiger charge is 2.43. The number of carbonyl (C=O) groups excluding carboxylic acids is 2. The summed E-state index contributed by atoms with van der Waals surface area (Å²) in [4.78, 5) is 35.4. The molecule has 6 nitrogen and oxygen atoms in total. The first-order chi connectivity index (χ1) is 18.4. The van der Waals surface area contributed by atoms with Crippen LogP contribution in [-0.2, 0) is 9.59 Å². The first-order valence-corrected chi connectivity index (χ1v) is 16.5. The molecule has 6 rings (SSSR count). The molecule has 2 amide bonds. The van der Waals surface area contributed by atoms with E-state index in [9.17, 15) is 9.59 Å². The zero-order valence-electron chi connectivity index (χ0n) is 22.5. The van der Waals surface area contributed by atoms with E-state index in [1.165, 1.54) is 74.9 Å². The topological polar surface area (TPSA) is 84.0 Å². The molecule has 8 unspecified atom stereocenters. The fraction of sp³-hybridized carbons (Fsp3) is 0.667. The van der Waals surface area contributed by atoms with Crippen LogP contribution in [0.3, 0.4) is 0 Å². The molecule has 8 atom stereocenters. The summed E-state index contributed by atoms with van der Waals surface area (Å²) in [6.45, 7) is 4.34. The Morgan fingerprint density at radius 1 is 0.763 bits per heavy atom. The van der Waals surface area contributed by atoms with Crippen LogP contribution < -0.4 is 10.6 Å². The van der Waals surface area contributed by atoms with Crippen molar-refractivity contribution in [2.45, 2.75) is 87.3 Å². The fourth-order valence-corrected chi connectivity index (χ4v) is 9.76. The van der Waals surface area contributed by atoms with Crippen LogP contribution in [0.25, 0.3) is 11.0 Å². The Morgan fingerprint density at radius 3 is 1.58 bits per heavy atom. The van der Waals surface area contributed by atoms with E-state index in [4.69, 9.17) is 9.97 Å². The molecule has 38 heavy (non-hydrogen) atoms. The average molecular weight is 553 g/mol. The number of aromatic nitrogens is 2. The van der Waals surface area contributed by atoms with Gasteiger partial charge in [-0.05, 0) is 100 Å². The van der Waals surface area contributed by atoms with E-state index in [-0.39, 0.29) is 23.9 Å². The minimum absolute atomic E-state index is 0.0496. The van der Waals surface area contributed by atoms with Gasteiger partial charge < -0.3 is 10.6 Å². The van der Waals surface area contributed by atoms with Gasteiger partial charge in [0, 0.05) is 12.1 Å². The SMILES string of the molecule is CC(NC(=O)CSc1nc2ccccc2nc1SCC(=O)NC(C)C1CC2CCC1C2)C1CC2CCC1C2. The second-order valence-corrected chi connectivity index (χ2v) is 14.2. The Balaban J connectivity index is 1.06. The van der Waals surface area contributed by atoms with Crippen LogP contribution in [0, 0.1) is 35.5 Å². The number of hydrogen-bond donors (Lipinski definition) is 2. The molecular weight excluding hydrogens is 512 g/mol. The monoisotopic (exact) mass is 552 g/mol. The van der Waals surface area contributed by atoms with Crippen LogP contribution in [0.15, 0.2) is 34.3 Å². The van der Waals surface area contributed by atoms with Gasteiger partial charge in [-0.25, -0.2) is 9.97 Å². The van der Waals surface area contributed by atoms with Gasteiger partial charge in [0.2, 0.25) is 11.8 Å². The molecule has 1 aromatic carbocycles. The number of carbonyl (C=O) groups is 2. The van der Waals surface area contributed by atoms with Gasteiger partial charge in [0.15, 0.2) is 0 Å². The third-order valence-electron chi connectivity index (χ3n) is 9.84. The van der Waals surface area contributed by atoms with Gasteiger partial charge in [-0.15, -0.1) is 0 Å². The van der Waals surface area contributed by atoms with Gasteiger partial charge >= 0.3 is 0 Å². The summed E-state index contributed by atoms with van der Waals surface area (Å²) in [5, 5.41) is 7.98. The molecular formula is C30H40N4O2S2. The Bertz CT molecular complexity index is 1100. The molecule has 2 aromatic rings. The molecule has 1 heterocycles. The number of benzene rings is 1. The van der Waals surface area contributed by atoms with E-state index in [0.29, 0.717) is 23.3 Å². The summed E-state index contributed by atoms with van der Waals surface area (Å²) >= 11 is 2.85. The van der Waals surface area contributed by atoms with Gasteiger partial charge in [0.25, 0.3) is 0 Å². The van der Waals surface area contributed by atoms with Gasteiger partial charge in [-0.3, -0.25) is 9.59 Å². The molecule has 4 aliphatic rings. The number of nitrogens with zero attached hydrogens (tertiary/aromatic N) is 2. The summed E-state index contributed by atoms with van der Waals surface area (Å²) in [7, 11) is 0. The summed E-state index contributed by atoms with van der Waals surface area (Å²) < 4.78 is 0. The molecule has 4 fully saturated rings. The van der Waals surface area contributed by atoms with Crippen LogP contribution in [0.5, 0.6) is 0 Å². The number of para-hydroxylation sites is 2. The average Bonchev–Trinajstić information content (AvgIpc) is 3.73. The van der Waals surface area contributed by atoms with Crippen molar-refractivity contribution in [3.05, 3.63) is 24.3 Å². The van der Waals surface area contributed by atoms with Crippen LogP contribution in [0.2, 0.25) is 0 Å². The molecule has 0 aliphatic heterocycles. The maximum absolute atomic E-state index is 12.9. The Morgan fingerprint density at radius 2 is 1.21 bits per heavy atom. The number of amides is 2. The minimum atomic E-state index is 0.0496. The predicted molar refractivity (Wildman–Crippen MR) is 154 cm³/mol.